The van der Waals surface area contributed by atoms with Crippen molar-refractivity contribution in [2.45, 2.75) is 64.2 Å². The van der Waals surface area contributed by atoms with E-state index in [0.29, 0.717) is 5.92 Å². The first kappa shape index (κ1) is 19.1. The van der Waals surface area contributed by atoms with Gasteiger partial charge in [-0.15, -0.1) is 0 Å². The molecule has 2 rings (SSSR count). The van der Waals surface area contributed by atoms with Crippen molar-refractivity contribution >= 4 is 15.9 Å². The molecule has 134 valence electrons. The molecule has 0 unspecified atom stereocenters. The Labute approximate surface area is 145 Å². The summed E-state index contributed by atoms with van der Waals surface area (Å²) in [7, 11) is -3.88. The summed E-state index contributed by atoms with van der Waals surface area (Å²) in [4.78, 5) is 12.8. The quantitative estimate of drug-likeness (QED) is 0.688. The van der Waals surface area contributed by atoms with Crippen LogP contribution in [-0.2, 0) is 19.1 Å². The molecule has 4 nitrogen and oxygen atoms in total. The van der Waals surface area contributed by atoms with Gasteiger partial charge in [0, 0.05) is 5.41 Å². The summed E-state index contributed by atoms with van der Waals surface area (Å²) in [6.45, 7) is 5.72. The van der Waals surface area contributed by atoms with E-state index in [0.717, 1.165) is 44.1 Å². The maximum absolute atomic E-state index is 12.7. The molecule has 0 radical (unpaired) electrons. The maximum Gasteiger partial charge on any atom is 0.297 e. The Balaban J connectivity index is 2.02. The van der Waals surface area contributed by atoms with E-state index in [4.69, 9.17) is 4.18 Å². The number of Topliss-reactive ketones (excluding diaryl/α,β-unsaturated/α-hetero) is 1. The number of carbonyl (C=O) groups is 1. The Kier molecular flexibility index (Phi) is 6.21. The molecule has 1 aromatic rings. The predicted molar refractivity (Wildman–Crippen MR) is 94.3 cm³/mol. The zero-order chi connectivity index (χ0) is 17.8. The Hall–Kier alpha value is -1.20. The Bertz CT molecular complexity index is 653. The van der Waals surface area contributed by atoms with Crippen LogP contribution in [-0.4, -0.2) is 20.8 Å². The van der Waals surface area contributed by atoms with Gasteiger partial charge in [0.15, 0.2) is 5.78 Å². The lowest BCUT2D eigenvalue weighted by Gasteiger charge is -2.38. The maximum atomic E-state index is 12.7. The summed E-state index contributed by atoms with van der Waals surface area (Å²) in [5, 5.41) is 0. The van der Waals surface area contributed by atoms with Crippen LogP contribution in [0.25, 0.3) is 0 Å². The number of ketones is 1. The van der Waals surface area contributed by atoms with E-state index in [1.165, 1.54) is 12.1 Å². The Morgan fingerprint density at radius 2 is 1.75 bits per heavy atom. The highest BCUT2D eigenvalue weighted by Crippen LogP contribution is 2.43. The second-order valence-electron chi connectivity index (χ2n) is 6.94. The Morgan fingerprint density at radius 3 is 2.25 bits per heavy atom. The lowest BCUT2D eigenvalue weighted by molar-refractivity contribution is -0.133. The topological polar surface area (TPSA) is 60.4 Å². The molecule has 1 aromatic carbocycles. The van der Waals surface area contributed by atoms with Gasteiger partial charge >= 0.3 is 0 Å². The molecular formula is C19H28O4S. The molecule has 5 heteroatoms. The van der Waals surface area contributed by atoms with Crippen LogP contribution >= 0.6 is 0 Å². The van der Waals surface area contributed by atoms with E-state index in [2.05, 4.69) is 6.92 Å². The fraction of sp³-hybridized carbons (Fsp3) is 0.632. The Morgan fingerprint density at radius 1 is 1.17 bits per heavy atom. The molecular weight excluding hydrogens is 324 g/mol. The monoisotopic (exact) mass is 352 g/mol. The molecule has 1 aliphatic carbocycles. The van der Waals surface area contributed by atoms with E-state index in [1.54, 1.807) is 12.1 Å². The standard InChI is InChI=1S/C19H28O4S/c1-4-16-10-12-19(5-2,13-11-16)18(20)14-23-24(21,22)17-8-6-15(3)7-9-17/h6-9,16H,4-5,10-14H2,1-3H3/t16-,19-. The molecule has 0 atom stereocenters. The number of benzene rings is 1. The molecule has 0 N–H and O–H groups in total. The number of rotatable bonds is 7. The van der Waals surface area contributed by atoms with Crippen LogP contribution in [0.4, 0.5) is 0 Å². The first-order valence-corrected chi connectivity index (χ1v) is 10.2. The van der Waals surface area contributed by atoms with Crippen LogP contribution in [0.1, 0.15) is 57.9 Å². The number of aryl methyl sites for hydroxylation is 1. The predicted octanol–water partition coefficient (Wildman–Crippen LogP) is 4.27. The summed E-state index contributed by atoms with van der Waals surface area (Å²) in [6.07, 6.45) is 5.66. The fourth-order valence-electron chi connectivity index (χ4n) is 3.53. The van der Waals surface area contributed by atoms with E-state index in [1.807, 2.05) is 13.8 Å². The highest BCUT2D eigenvalue weighted by atomic mass is 32.2. The van der Waals surface area contributed by atoms with Crippen LogP contribution in [0, 0.1) is 18.3 Å². The molecule has 0 aliphatic heterocycles. The van der Waals surface area contributed by atoms with Crippen LogP contribution < -0.4 is 0 Å². The fourth-order valence-corrected chi connectivity index (χ4v) is 4.39. The molecule has 0 amide bonds. The largest absolute Gasteiger partial charge is 0.297 e. The molecule has 0 bridgehead atoms. The van der Waals surface area contributed by atoms with Crippen molar-refractivity contribution in [3.8, 4) is 0 Å². The van der Waals surface area contributed by atoms with Gasteiger partial charge in [-0.3, -0.25) is 8.98 Å². The molecule has 0 heterocycles. The molecule has 0 aromatic heterocycles. The van der Waals surface area contributed by atoms with Crippen LogP contribution in [0.15, 0.2) is 29.2 Å². The van der Waals surface area contributed by atoms with E-state index >= 15 is 0 Å². The third-order valence-electron chi connectivity index (χ3n) is 5.56. The van der Waals surface area contributed by atoms with Gasteiger partial charge in [0.1, 0.15) is 6.61 Å². The van der Waals surface area contributed by atoms with Gasteiger partial charge in [-0.25, -0.2) is 0 Å². The molecule has 24 heavy (non-hydrogen) atoms. The summed E-state index contributed by atoms with van der Waals surface area (Å²) >= 11 is 0. The first-order chi connectivity index (χ1) is 11.3. The van der Waals surface area contributed by atoms with Crippen LogP contribution in [0.5, 0.6) is 0 Å². The average Bonchev–Trinajstić information content (AvgIpc) is 2.60. The smallest absolute Gasteiger partial charge is 0.296 e. The number of carbonyl (C=O) groups excluding carboxylic acids is 1. The summed E-state index contributed by atoms with van der Waals surface area (Å²) in [5.41, 5.74) is 0.566. The van der Waals surface area contributed by atoms with Crippen molar-refractivity contribution in [3.05, 3.63) is 29.8 Å². The van der Waals surface area contributed by atoms with E-state index in [9.17, 15) is 13.2 Å². The van der Waals surface area contributed by atoms with E-state index < -0.39 is 15.5 Å². The summed E-state index contributed by atoms with van der Waals surface area (Å²) in [5.74, 6) is 0.616. The van der Waals surface area contributed by atoms with Gasteiger partial charge in [-0.05, 0) is 57.1 Å². The normalized spacial score (nSPS) is 24.7. The zero-order valence-electron chi connectivity index (χ0n) is 14.9. The third-order valence-corrected chi connectivity index (χ3v) is 6.84. The van der Waals surface area contributed by atoms with Gasteiger partial charge in [-0.2, -0.15) is 8.42 Å². The minimum atomic E-state index is -3.88. The zero-order valence-corrected chi connectivity index (χ0v) is 15.7. The molecule has 0 spiro atoms. The van der Waals surface area contributed by atoms with Gasteiger partial charge in [0.2, 0.25) is 0 Å². The average molecular weight is 352 g/mol. The van der Waals surface area contributed by atoms with E-state index in [-0.39, 0.29) is 17.3 Å². The summed E-state index contributed by atoms with van der Waals surface area (Å²) in [6, 6.07) is 6.46. The SMILES string of the molecule is CC[C@H]1CC[C@](CC)(C(=O)COS(=O)(=O)c2ccc(C)cc2)CC1. The van der Waals surface area contributed by atoms with Crippen LogP contribution in [0.3, 0.4) is 0 Å². The lowest BCUT2D eigenvalue weighted by atomic mass is 9.66. The number of hydrogen-bond acceptors (Lipinski definition) is 4. The molecule has 1 aliphatic rings. The lowest BCUT2D eigenvalue weighted by Crippen LogP contribution is -2.37. The van der Waals surface area contributed by atoms with Gasteiger partial charge in [0.05, 0.1) is 4.90 Å². The second kappa shape index (κ2) is 7.79. The van der Waals surface area contributed by atoms with Gasteiger partial charge < -0.3 is 0 Å². The summed E-state index contributed by atoms with van der Waals surface area (Å²) < 4.78 is 29.6. The highest BCUT2D eigenvalue weighted by molar-refractivity contribution is 7.86. The van der Waals surface area contributed by atoms with Crippen molar-refractivity contribution in [1.29, 1.82) is 0 Å². The van der Waals surface area contributed by atoms with Crippen molar-refractivity contribution in [2.24, 2.45) is 11.3 Å². The second-order valence-corrected chi connectivity index (χ2v) is 8.55. The minimum absolute atomic E-state index is 0.0739. The third kappa shape index (κ3) is 4.25. The molecule has 1 fully saturated rings. The first-order valence-electron chi connectivity index (χ1n) is 8.82. The molecule has 1 saturated carbocycles. The van der Waals surface area contributed by atoms with Gasteiger partial charge in [0.25, 0.3) is 10.1 Å². The number of hydrogen-bond donors (Lipinski definition) is 0. The van der Waals surface area contributed by atoms with Gasteiger partial charge in [-0.1, -0.05) is 38.0 Å². The van der Waals surface area contributed by atoms with Crippen molar-refractivity contribution < 1.29 is 17.4 Å². The minimum Gasteiger partial charge on any atom is -0.296 e. The molecule has 0 saturated heterocycles. The van der Waals surface area contributed by atoms with Crippen molar-refractivity contribution in [2.75, 3.05) is 6.61 Å². The van der Waals surface area contributed by atoms with Crippen LogP contribution in [0.2, 0.25) is 0 Å². The highest BCUT2D eigenvalue weighted by Gasteiger charge is 2.40. The van der Waals surface area contributed by atoms with Crippen molar-refractivity contribution in [1.82, 2.24) is 0 Å². The van der Waals surface area contributed by atoms with Crippen molar-refractivity contribution in [3.63, 3.8) is 0 Å².